The molecule has 48 valence electrons. The maximum absolute atomic E-state index is 3.57. The summed E-state index contributed by atoms with van der Waals surface area (Å²) in [6, 6.07) is 0. The van der Waals surface area contributed by atoms with Crippen molar-refractivity contribution in [1.29, 1.82) is 0 Å². The Labute approximate surface area is 59.0 Å². The van der Waals surface area contributed by atoms with Crippen molar-refractivity contribution in [3.8, 4) is 0 Å². The van der Waals surface area contributed by atoms with E-state index in [4.69, 9.17) is 0 Å². The Bertz CT molecular complexity index is 66.9. The molecule has 2 unspecified atom stereocenters. The Kier molecular flexibility index (Phi) is 2.32. The average molecular weight is 178 g/mol. The van der Waals surface area contributed by atoms with Crippen LogP contribution in [0.15, 0.2) is 0 Å². The monoisotopic (exact) mass is 177 g/mol. The molecule has 0 aromatic carbocycles. The van der Waals surface area contributed by atoms with E-state index in [0.717, 1.165) is 12.5 Å². The zero-order chi connectivity index (χ0) is 5.98. The summed E-state index contributed by atoms with van der Waals surface area (Å²) in [5.74, 6) is 0.855. The zero-order valence-electron chi connectivity index (χ0n) is 5.15. The molecule has 0 aliphatic carbocycles. The molecule has 0 aromatic rings. The van der Waals surface area contributed by atoms with Gasteiger partial charge in [0.15, 0.2) is 0 Å². The highest BCUT2D eigenvalue weighted by atomic mass is 79.9. The van der Waals surface area contributed by atoms with Gasteiger partial charge in [0.05, 0.1) is 0 Å². The van der Waals surface area contributed by atoms with E-state index in [1.807, 2.05) is 0 Å². The van der Waals surface area contributed by atoms with Gasteiger partial charge in [0, 0.05) is 11.4 Å². The molecule has 1 aliphatic rings. The third-order valence-corrected chi connectivity index (χ3v) is 2.21. The van der Waals surface area contributed by atoms with Gasteiger partial charge in [0.2, 0.25) is 0 Å². The fourth-order valence-electron chi connectivity index (χ4n) is 1.09. The lowest BCUT2D eigenvalue weighted by atomic mass is 10.0. The minimum atomic E-state index is 0.714. The standard InChI is InChI=1S/C6H12BrN/c1-5-2-6(7)4-8-3-5/h5-6,8H,2-4H2,1H3. The van der Waals surface area contributed by atoms with E-state index in [-0.39, 0.29) is 0 Å². The van der Waals surface area contributed by atoms with Crippen molar-refractivity contribution in [2.24, 2.45) is 5.92 Å². The van der Waals surface area contributed by atoms with Gasteiger partial charge < -0.3 is 5.32 Å². The highest BCUT2D eigenvalue weighted by Crippen LogP contribution is 2.15. The Morgan fingerprint density at radius 1 is 1.50 bits per heavy atom. The fraction of sp³-hybridized carbons (Fsp3) is 1.00. The average Bonchev–Trinajstić information content (AvgIpc) is 1.64. The minimum absolute atomic E-state index is 0.714. The molecule has 0 aromatic heterocycles. The number of halogens is 1. The molecular formula is C6H12BrN. The van der Waals surface area contributed by atoms with Crippen molar-refractivity contribution < 1.29 is 0 Å². The first-order chi connectivity index (χ1) is 3.79. The van der Waals surface area contributed by atoms with Crippen LogP contribution in [0.3, 0.4) is 0 Å². The summed E-state index contributed by atoms with van der Waals surface area (Å²) in [5, 5.41) is 3.34. The van der Waals surface area contributed by atoms with E-state index in [2.05, 4.69) is 28.2 Å². The number of alkyl halides is 1. The van der Waals surface area contributed by atoms with E-state index in [1.165, 1.54) is 13.0 Å². The van der Waals surface area contributed by atoms with Crippen LogP contribution in [-0.4, -0.2) is 17.9 Å². The Hall–Kier alpha value is 0.440. The van der Waals surface area contributed by atoms with Crippen molar-refractivity contribution in [2.45, 2.75) is 18.2 Å². The molecule has 1 fully saturated rings. The molecular weight excluding hydrogens is 166 g/mol. The number of rotatable bonds is 0. The second-order valence-electron chi connectivity index (χ2n) is 2.60. The highest BCUT2D eigenvalue weighted by molar-refractivity contribution is 9.09. The van der Waals surface area contributed by atoms with Crippen LogP contribution in [0.25, 0.3) is 0 Å². The Morgan fingerprint density at radius 2 is 2.25 bits per heavy atom. The maximum Gasteiger partial charge on any atom is 0.0273 e. The molecule has 1 nitrogen and oxygen atoms in total. The largest absolute Gasteiger partial charge is 0.315 e. The number of nitrogens with one attached hydrogen (secondary N) is 1. The van der Waals surface area contributed by atoms with Gasteiger partial charge in [-0.25, -0.2) is 0 Å². The van der Waals surface area contributed by atoms with Crippen molar-refractivity contribution >= 4 is 15.9 Å². The lowest BCUT2D eigenvalue weighted by molar-refractivity contribution is 0.417. The predicted octanol–water partition coefficient (Wildman–Crippen LogP) is 1.38. The molecule has 0 saturated carbocycles. The van der Waals surface area contributed by atoms with Crippen molar-refractivity contribution in [2.75, 3.05) is 13.1 Å². The highest BCUT2D eigenvalue weighted by Gasteiger charge is 2.14. The molecule has 1 N–H and O–H groups in total. The van der Waals surface area contributed by atoms with Crippen LogP contribution in [-0.2, 0) is 0 Å². The molecule has 2 atom stereocenters. The summed E-state index contributed by atoms with van der Waals surface area (Å²) in [7, 11) is 0. The topological polar surface area (TPSA) is 12.0 Å². The third kappa shape index (κ3) is 1.75. The summed E-state index contributed by atoms with van der Waals surface area (Å²) >= 11 is 3.57. The molecule has 0 spiro atoms. The van der Waals surface area contributed by atoms with Gasteiger partial charge >= 0.3 is 0 Å². The first kappa shape index (κ1) is 6.56. The number of hydrogen-bond donors (Lipinski definition) is 1. The maximum atomic E-state index is 3.57. The Balaban J connectivity index is 2.23. The summed E-state index contributed by atoms with van der Waals surface area (Å²) in [6.45, 7) is 4.62. The molecule has 0 radical (unpaired) electrons. The molecule has 8 heavy (non-hydrogen) atoms. The molecule has 1 aliphatic heterocycles. The van der Waals surface area contributed by atoms with Crippen LogP contribution in [0.5, 0.6) is 0 Å². The SMILES string of the molecule is CC1CNCC(Br)C1. The van der Waals surface area contributed by atoms with E-state index < -0.39 is 0 Å². The first-order valence-corrected chi connectivity index (χ1v) is 4.05. The molecule has 0 bridgehead atoms. The van der Waals surface area contributed by atoms with Crippen LogP contribution in [0.2, 0.25) is 0 Å². The lowest BCUT2D eigenvalue weighted by Gasteiger charge is -2.22. The van der Waals surface area contributed by atoms with Crippen LogP contribution in [0.4, 0.5) is 0 Å². The quantitative estimate of drug-likeness (QED) is 0.552. The second kappa shape index (κ2) is 2.83. The minimum Gasteiger partial charge on any atom is -0.315 e. The van der Waals surface area contributed by atoms with Crippen LogP contribution in [0.1, 0.15) is 13.3 Å². The van der Waals surface area contributed by atoms with Gasteiger partial charge in [0.25, 0.3) is 0 Å². The molecule has 2 heteroatoms. The number of piperidine rings is 1. The fourth-order valence-corrected chi connectivity index (χ4v) is 1.96. The van der Waals surface area contributed by atoms with Gasteiger partial charge in [-0.2, -0.15) is 0 Å². The van der Waals surface area contributed by atoms with Gasteiger partial charge in [-0.15, -0.1) is 0 Å². The number of hydrogen-bond acceptors (Lipinski definition) is 1. The van der Waals surface area contributed by atoms with Crippen LogP contribution < -0.4 is 5.32 Å². The van der Waals surface area contributed by atoms with Gasteiger partial charge in [-0.3, -0.25) is 0 Å². The molecule has 1 rings (SSSR count). The second-order valence-corrected chi connectivity index (χ2v) is 3.89. The van der Waals surface area contributed by atoms with Crippen molar-refractivity contribution in [3.05, 3.63) is 0 Å². The van der Waals surface area contributed by atoms with Crippen molar-refractivity contribution in [1.82, 2.24) is 5.32 Å². The molecule has 0 amide bonds. The van der Waals surface area contributed by atoms with E-state index >= 15 is 0 Å². The summed E-state index contributed by atoms with van der Waals surface area (Å²) in [5.41, 5.74) is 0. The molecule has 1 saturated heterocycles. The first-order valence-electron chi connectivity index (χ1n) is 3.14. The molecule has 1 heterocycles. The van der Waals surface area contributed by atoms with Gasteiger partial charge in [-0.05, 0) is 18.9 Å². The van der Waals surface area contributed by atoms with Crippen LogP contribution in [0, 0.1) is 5.92 Å². The van der Waals surface area contributed by atoms with Gasteiger partial charge in [0.1, 0.15) is 0 Å². The van der Waals surface area contributed by atoms with Gasteiger partial charge in [-0.1, -0.05) is 22.9 Å². The van der Waals surface area contributed by atoms with E-state index in [0.29, 0.717) is 4.83 Å². The zero-order valence-corrected chi connectivity index (χ0v) is 6.74. The van der Waals surface area contributed by atoms with E-state index in [1.54, 1.807) is 0 Å². The summed E-state index contributed by atoms with van der Waals surface area (Å²) in [4.78, 5) is 0.714. The summed E-state index contributed by atoms with van der Waals surface area (Å²) in [6.07, 6.45) is 1.33. The van der Waals surface area contributed by atoms with E-state index in [9.17, 15) is 0 Å². The Morgan fingerprint density at radius 3 is 2.62 bits per heavy atom. The smallest absolute Gasteiger partial charge is 0.0273 e. The predicted molar refractivity (Wildman–Crippen MR) is 39.4 cm³/mol. The van der Waals surface area contributed by atoms with Crippen LogP contribution >= 0.6 is 15.9 Å². The van der Waals surface area contributed by atoms with Crippen molar-refractivity contribution in [3.63, 3.8) is 0 Å². The lowest BCUT2D eigenvalue weighted by Crippen LogP contribution is -2.35. The summed E-state index contributed by atoms with van der Waals surface area (Å²) < 4.78 is 0. The normalized spacial score (nSPS) is 39.8. The third-order valence-electron chi connectivity index (χ3n) is 1.52.